The minimum absolute atomic E-state index is 0.0610. The van der Waals surface area contributed by atoms with Gasteiger partial charge in [0, 0.05) is 10.0 Å². The van der Waals surface area contributed by atoms with Crippen LogP contribution in [0.4, 0.5) is 0 Å². The van der Waals surface area contributed by atoms with Gasteiger partial charge in [0.05, 0.1) is 5.56 Å². The molecule has 20 heavy (non-hydrogen) atoms. The van der Waals surface area contributed by atoms with Gasteiger partial charge in [0.2, 0.25) is 5.78 Å². The zero-order valence-corrected chi connectivity index (χ0v) is 12.0. The van der Waals surface area contributed by atoms with Gasteiger partial charge in [-0.15, -0.1) is 0 Å². The molecule has 0 fully saturated rings. The molecule has 102 valence electrons. The number of benzene rings is 2. The summed E-state index contributed by atoms with van der Waals surface area (Å²) in [6.45, 7) is -0.331. The second-order valence-electron chi connectivity index (χ2n) is 4.03. The van der Waals surface area contributed by atoms with Crippen LogP contribution >= 0.6 is 15.9 Å². The lowest BCUT2D eigenvalue weighted by molar-refractivity contribution is 0.0474. The number of Topliss-reactive ketones (excluding diaryl/α,β-unsaturated/α-hetero) is 1. The average molecular weight is 335 g/mol. The summed E-state index contributed by atoms with van der Waals surface area (Å²) >= 11 is 3.27. The van der Waals surface area contributed by atoms with Crippen molar-refractivity contribution in [2.45, 2.75) is 0 Å². The number of hydrogen-bond donors (Lipinski definition) is 1. The van der Waals surface area contributed by atoms with Gasteiger partial charge >= 0.3 is 5.97 Å². The van der Waals surface area contributed by atoms with Crippen molar-refractivity contribution in [1.29, 1.82) is 0 Å². The maximum absolute atomic E-state index is 11.9. The third kappa shape index (κ3) is 3.45. The molecule has 0 bridgehead atoms. The van der Waals surface area contributed by atoms with E-state index in [0.717, 1.165) is 0 Å². The van der Waals surface area contributed by atoms with Gasteiger partial charge in [-0.05, 0) is 30.3 Å². The van der Waals surface area contributed by atoms with E-state index in [1.54, 1.807) is 24.3 Å². The van der Waals surface area contributed by atoms with Crippen molar-refractivity contribution in [3.05, 3.63) is 64.1 Å². The highest BCUT2D eigenvalue weighted by molar-refractivity contribution is 9.10. The van der Waals surface area contributed by atoms with E-state index < -0.39 is 5.97 Å². The lowest BCUT2D eigenvalue weighted by Gasteiger charge is -2.05. The molecule has 0 aliphatic heterocycles. The summed E-state index contributed by atoms with van der Waals surface area (Å²) in [5.41, 5.74) is 0.744. The van der Waals surface area contributed by atoms with Crippen LogP contribution < -0.4 is 0 Å². The van der Waals surface area contributed by atoms with E-state index in [9.17, 15) is 9.59 Å². The van der Waals surface area contributed by atoms with E-state index in [2.05, 4.69) is 15.9 Å². The smallest absolute Gasteiger partial charge is 0.338 e. The molecule has 0 spiro atoms. The fourth-order valence-electron chi connectivity index (χ4n) is 1.58. The van der Waals surface area contributed by atoms with E-state index in [1.165, 1.54) is 24.3 Å². The van der Waals surface area contributed by atoms with E-state index in [4.69, 9.17) is 9.84 Å². The molecule has 2 rings (SSSR count). The Labute approximate surface area is 124 Å². The highest BCUT2D eigenvalue weighted by atomic mass is 79.9. The molecule has 2 aromatic rings. The fourth-order valence-corrected chi connectivity index (χ4v) is 2.08. The summed E-state index contributed by atoms with van der Waals surface area (Å²) in [5.74, 6) is -0.833. The summed E-state index contributed by atoms with van der Waals surface area (Å²) < 4.78 is 5.61. The van der Waals surface area contributed by atoms with Crippen molar-refractivity contribution in [2.24, 2.45) is 0 Å². The van der Waals surface area contributed by atoms with Crippen LogP contribution in [0, 0.1) is 0 Å². The summed E-state index contributed by atoms with van der Waals surface area (Å²) in [7, 11) is 0. The van der Waals surface area contributed by atoms with Gasteiger partial charge in [-0.1, -0.05) is 34.1 Å². The predicted octanol–water partition coefficient (Wildman–Crippen LogP) is 3.19. The van der Waals surface area contributed by atoms with Crippen LogP contribution in [0.15, 0.2) is 53.0 Å². The quantitative estimate of drug-likeness (QED) is 0.688. The number of aromatic hydroxyl groups is 1. The Bertz CT molecular complexity index is 635. The zero-order valence-electron chi connectivity index (χ0n) is 10.4. The van der Waals surface area contributed by atoms with Crippen molar-refractivity contribution in [1.82, 2.24) is 0 Å². The number of carbonyl (C=O) groups excluding carboxylic acids is 2. The van der Waals surface area contributed by atoms with Gasteiger partial charge in [0.25, 0.3) is 0 Å². The number of phenols is 1. The summed E-state index contributed by atoms with van der Waals surface area (Å²) in [5, 5.41) is 9.12. The number of rotatable bonds is 4. The summed E-state index contributed by atoms with van der Waals surface area (Å²) in [6, 6.07) is 12.6. The first-order valence-electron chi connectivity index (χ1n) is 5.82. The lowest BCUT2D eigenvalue weighted by Crippen LogP contribution is -2.14. The Kier molecular flexibility index (Phi) is 4.53. The number of hydrogen-bond acceptors (Lipinski definition) is 4. The van der Waals surface area contributed by atoms with Gasteiger partial charge in [0.15, 0.2) is 6.61 Å². The average Bonchev–Trinajstić information content (AvgIpc) is 2.45. The van der Waals surface area contributed by atoms with Crippen LogP contribution in [0.3, 0.4) is 0 Å². The largest absolute Gasteiger partial charge is 0.508 e. The number of ether oxygens (including phenoxy) is 1. The van der Waals surface area contributed by atoms with E-state index >= 15 is 0 Å². The van der Waals surface area contributed by atoms with Crippen molar-refractivity contribution < 1.29 is 19.4 Å². The molecule has 0 amide bonds. The van der Waals surface area contributed by atoms with Gasteiger partial charge < -0.3 is 9.84 Å². The molecule has 4 nitrogen and oxygen atoms in total. The first-order chi connectivity index (χ1) is 9.58. The Morgan fingerprint density at radius 3 is 2.35 bits per heavy atom. The van der Waals surface area contributed by atoms with Crippen LogP contribution in [0.1, 0.15) is 20.7 Å². The molecule has 0 radical (unpaired) electrons. The number of halogens is 1. The molecule has 0 saturated heterocycles. The van der Waals surface area contributed by atoms with Crippen LogP contribution in [0.25, 0.3) is 0 Å². The number of esters is 1. The highest BCUT2D eigenvalue weighted by Gasteiger charge is 2.13. The molecule has 0 atom stereocenters. The van der Waals surface area contributed by atoms with Crippen LogP contribution in [-0.2, 0) is 4.74 Å². The molecule has 1 N–H and O–H groups in total. The van der Waals surface area contributed by atoms with E-state index in [1.807, 2.05) is 0 Å². The van der Waals surface area contributed by atoms with Gasteiger partial charge in [-0.25, -0.2) is 4.79 Å². The molecule has 0 saturated carbocycles. The SMILES string of the molecule is O=C(OCC(=O)c1ccccc1Br)c1ccc(O)cc1. The maximum Gasteiger partial charge on any atom is 0.338 e. The Hall–Kier alpha value is -2.14. The normalized spacial score (nSPS) is 10.1. The summed E-state index contributed by atoms with van der Waals surface area (Å²) in [4.78, 5) is 23.6. The fraction of sp³-hybridized carbons (Fsp3) is 0.0667. The van der Waals surface area contributed by atoms with Gasteiger partial charge in [-0.3, -0.25) is 4.79 Å². The maximum atomic E-state index is 11.9. The highest BCUT2D eigenvalue weighted by Crippen LogP contribution is 2.17. The molecule has 0 unspecified atom stereocenters. The van der Waals surface area contributed by atoms with Crippen molar-refractivity contribution >= 4 is 27.7 Å². The van der Waals surface area contributed by atoms with Crippen molar-refractivity contribution in [2.75, 3.05) is 6.61 Å². The molecule has 0 heterocycles. The Morgan fingerprint density at radius 2 is 1.70 bits per heavy atom. The molecule has 0 aliphatic carbocycles. The van der Waals surface area contributed by atoms with Gasteiger partial charge in [-0.2, -0.15) is 0 Å². The number of phenolic OH excluding ortho intramolecular Hbond substituents is 1. The molecular weight excluding hydrogens is 324 g/mol. The van der Waals surface area contributed by atoms with E-state index in [-0.39, 0.29) is 23.7 Å². The minimum Gasteiger partial charge on any atom is -0.508 e. The summed E-state index contributed by atoms with van der Waals surface area (Å²) in [6.07, 6.45) is 0. The third-order valence-electron chi connectivity index (χ3n) is 2.61. The third-order valence-corrected chi connectivity index (χ3v) is 3.30. The lowest BCUT2D eigenvalue weighted by atomic mass is 10.1. The van der Waals surface area contributed by atoms with Crippen LogP contribution in [0.5, 0.6) is 5.75 Å². The number of ketones is 1. The molecule has 0 aromatic heterocycles. The monoisotopic (exact) mass is 334 g/mol. The number of carbonyl (C=O) groups is 2. The molecule has 2 aromatic carbocycles. The Morgan fingerprint density at radius 1 is 1.05 bits per heavy atom. The predicted molar refractivity (Wildman–Crippen MR) is 76.9 cm³/mol. The van der Waals surface area contributed by atoms with Gasteiger partial charge in [0.1, 0.15) is 5.75 Å². The van der Waals surface area contributed by atoms with Crippen molar-refractivity contribution in [3.8, 4) is 5.75 Å². The molecule has 5 heteroatoms. The molecular formula is C15H11BrO4. The standard InChI is InChI=1S/C15H11BrO4/c16-13-4-2-1-3-12(13)14(18)9-20-15(19)10-5-7-11(17)8-6-10/h1-8,17H,9H2. The zero-order chi connectivity index (χ0) is 14.5. The first kappa shape index (κ1) is 14.3. The Balaban J connectivity index is 1.99. The van der Waals surface area contributed by atoms with Crippen LogP contribution in [0.2, 0.25) is 0 Å². The van der Waals surface area contributed by atoms with Crippen LogP contribution in [-0.4, -0.2) is 23.5 Å². The second kappa shape index (κ2) is 6.34. The van der Waals surface area contributed by atoms with E-state index in [0.29, 0.717) is 10.0 Å². The minimum atomic E-state index is -0.606. The first-order valence-corrected chi connectivity index (χ1v) is 6.61. The van der Waals surface area contributed by atoms with Crippen molar-refractivity contribution in [3.63, 3.8) is 0 Å². The molecule has 0 aliphatic rings. The topological polar surface area (TPSA) is 63.6 Å². The second-order valence-corrected chi connectivity index (χ2v) is 4.88.